The van der Waals surface area contributed by atoms with E-state index in [-0.39, 0.29) is 11.5 Å². The standard InChI is InChI=1S/C14H21FN2O/c1-9(2)5-4-6-17-14(18)11-7-12(15)10(3)13(16)8-11/h7-9H,4-6,16H2,1-3H3,(H,17,18). The van der Waals surface area contributed by atoms with Gasteiger partial charge in [-0.25, -0.2) is 4.39 Å². The molecule has 0 aliphatic rings. The van der Waals surface area contributed by atoms with E-state index in [1.54, 1.807) is 6.92 Å². The lowest BCUT2D eigenvalue weighted by atomic mass is 10.1. The number of amides is 1. The Bertz CT molecular complexity index is 407. The van der Waals surface area contributed by atoms with Crippen molar-refractivity contribution in [1.29, 1.82) is 0 Å². The summed E-state index contributed by atoms with van der Waals surface area (Å²) in [6, 6.07) is 2.74. The molecule has 1 rings (SSSR count). The summed E-state index contributed by atoms with van der Waals surface area (Å²) in [7, 11) is 0. The SMILES string of the molecule is Cc1c(N)cc(C(=O)NCCCC(C)C)cc1F. The minimum absolute atomic E-state index is 0.274. The van der Waals surface area contributed by atoms with Gasteiger partial charge in [-0.05, 0) is 37.8 Å². The summed E-state index contributed by atoms with van der Waals surface area (Å²) in [4.78, 5) is 11.8. The van der Waals surface area contributed by atoms with E-state index in [1.165, 1.54) is 12.1 Å². The number of nitrogens with one attached hydrogen (secondary N) is 1. The minimum Gasteiger partial charge on any atom is -0.398 e. The minimum atomic E-state index is -0.442. The molecule has 3 nitrogen and oxygen atoms in total. The number of anilines is 1. The van der Waals surface area contributed by atoms with E-state index in [1.807, 2.05) is 0 Å². The fraction of sp³-hybridized carbons (Fsp3) is 0.500. The molecule has 3 N–H and O–H groups in total. The van der Waals surface area contributed by atoms with Crippen molar-refractivity contribution in [1.82, 2.24) is 5.32 Å². The van der Waals surface area contributed by atoms with Crippen LogP contribution in [0.4, 0.5) is 10.1 Å². The van der Waals surface area contributed by atoms with Crippen molar-refractivity contribution in [3.63, 3.8) is 0 Å². The zero-order valence-corrected chi connectivity index (χ0v) is 11.2. The number of hydrogen-bond acceptors (Lipinski definition) is 2. The first kappa shape index (κ1) is 14.5. The second-order valence-corrected chi connectivity index (χ2v) is 4.96. The van der Waals surface area contributed by atoms with Crippen molar-refractivity contribution in [2.24, 2.45) is 5.92 Å². The molecule has 0 bridgehead atoms. The fourth-order valence-corrected chi connectivity index (χ4v) is 1.65. The lowest BCUT2D eigenvalue weighted by Gasteiger charge is -2.09. The molecule has 0 saturated carbocycles. The van der Waals surface area contributed by atoms with Crippen molar-refractivity contribution < 1.29 is 9.18 Å². The Morgan fingerprint density at radius 3 is 2.67 bits per heavy atom. The lowest BCUT2D eigenvalue weighted by Crippen LogP contribution is -2.25. The summed E-state index contributed by atoms with van der Waals surface area (Å²) in [5.41, 5.74) is 6.60. The van der Waals surface area contributed by atoms with Crippen molar-refractivity contribution >= 4 is 11.6 Å². The average molecular weight is 252 g/mol. The first-order chi connectivity index (χ1) is 8.41. The van der Waals surface area contributed by atoms with E-state index in [2.05, 4.69) is 19.2 Å². The van der Waals surface area contributed by atoms with Crippen molar-refractivity contribution in [2.45, 2.75) is 33.6 Å². The van der Waals surface area contributed by atoms with Crippen LogP contribution in [0, 0.1) is 18.7 Å². The highest BCUT2D eigenvalue weighted by Gasteiger charge is 2.10. The Kier molecular flexibility index (Phi) is 5.13. The summed E-state index contributed by atoms with van der Waals surface area (Å²) < 4.78 is 13.4. The topological polar surface area (TPSA) is 55.1 Å². The average Bonchev–Trinajstić information content (AvgIpc) is 2.30. The second kappa shape index (κ2) is 6.38. The van der Waals surface area contributed by atoms with Gasteiger partial charge in [0.05, 0.1) is 0 Å². The van der Waals surface area contributed by atoms with Crippen LogP contribution in [0.3, 0.4) is 0 Å². The van der Waals surface area contributed by atoms with Crippen molar-refractivity contribution in [2.75, 3.05) is 12.3 Å². The first-order valence-electron chi connectivity index (χ1n) is 6.25. The summed E-state index contributed by atoms with van der Waals surface area (Å²) in [5.74, 6) is -0.0962. The predicted octanol–water partition coefficient (Wildman–Crippen LogP) is 2.88. The second-order valence-electron chi connectivity index (χ2n) is 4.96. The van der Waals surface area contributed by atoms with E-state index < -0.39 is 5.82 Å². The number of carbonyl (C=O) groups is 1. The Balaban J connectivity index is 2.57. The summed E-state index contributed by atoms with van der Waals surface area (Å²) in [6.45, 7) is 6.47. The number of rotatable bonds is 5. The van der Waals surface area contributed by atoms with Crippen LogP contribution in [0.15, 0.2) is 12.1 Å². The largest absolute Gasteiger partial charge is 0.398 e. The molecule has 0 fully saturated rings. The van der Waals surface area contributed by atoms with Crippen LogP contribution in [0.1, 0.15) is 42.6 Å². The molecule has 1 aromatic carbocycles. The Hall–Kier alpha value is -1.58. The van der Waals surface area contributed by atoms with Gasteiger partial charge in [-0.2, -0.15) is 0 Å². The number of nitrogens with two attached hydrogens (primary N) is 1. The van der Waals surface area contributed by atoms with Crippen LogP contribution < -0.4 is 11.1 Å². The molecule has 0 radical (unpaired) electrons. The molecular formula is C14H21FN2O. The summed E-state index contributed by atoms with van der Waals surface area (Å²) >= 11 is 0. The molecule has 0 aliphatic carbocycles. The molecule has 0 aliphatic heterocycles. The molecule has 4 heteroatoms. The third-order valence-electron chi connectivity index (χ3n) is 2.89. The maximum atomic E-state index is 13.4. The van der Waals surface area contributed by atoms with Gasteiger partial charge >= 0.3 is 0 Å². The van der Waals surface area contributed by atoms with Crippen LogP contribution in [0.25, 0.3) is 0 Å². The smallest absolute Gasteiger partial charge is 0.251 e. The molecule has 0 atom stereocenters. The quantitative estimate of drug-likeness (QED) is 0.625. The van der Waals surface area contributed by atoms with Gasteiger partial charge in [0.15, 0.2) is 0 Å². The van der Waals surface area contributed by atoms with E-state index in [4.69, 9.17) is 5.73 Å². The van der Waals surface area contributed by atoms with Crippen molar-refractivity contribution in [3.8, 4) is 0 Å². The van der Waals surface area contributed by atoms with Gasteiger partial charge in [0.1, 0.15) is 5.82 Å². The van der Waals surface area contributed by atoms with E-state index in [0.717, 1.165) is 12.8 Å². The van der Waals surface area contributed by atoms with Gasteiger partial charge in [-0.3, -0.25) is 4.79 Å². The van der Waals surface area contributed by atoms with Crippen LogP contribution >= 0.6 is 0 Å². The zero-order valence-electron chi connectivity index (χ0n) is 11.2. The molecular weight excluding hydrogens is 231 g/mol. The molecule has 0 spiro atoms. The summed E-state index contributed by atoms with van der Waals surface area (Å²) in [6.07, 6.45) is 1.98. The van der Waals surface area contributed by atoms with Crippen LogP contribution in [-0.4, -0.2) is 12.5 Å². The third kappa shape index (κ3) is 4.02. The van der Waals surface area contributed by atoms with Gasteiger partial charge in [0.2, 0.25) is 0 Å². The van der Waals surface area contributed by atoms with Gasteiger partial charge in [-0.1, -0.05) is 13.8 Å². The van der Waals surface area contributed by atoms with Gasteiger partial charge in [0.25, 0.3) is 5.91 Å². The molecule has 0 heterocycles. The number of hydrogen-bond donors (Lipinski definition) is 2. The third-order valence-corrected chi connectivity index (χ3v) is 2.89. The maximum absolute atomic E-state index is 13.4. The predicted molar refractivity (Wildman–Crippen MR) is 72.0 cm³/mol. The Morgan fingerprint density at radius 1 is 1.44 bits per heavy atom. The molecule has 18 heavy (non-hydrogen) atoms. The molecule has 0 unspecified atom stereocenters. The molecule has 1 amide bonds. The molecule has 1 aromatic rings. The van der Waals surface area contributed by atoms with E-state index >= 15 is 0 Å². The van der Waals surface area contributed by atoms with Crippen LogP contribution in [-0.2, 0) is 0 Å². The number of benzene rings is 1. The Labute approximate surface area is 108 Å². The highest BCUT2D eigenvalue weighted by atomic mass is 19.1. The van der Waals surface area contributed by atoms with E-state index in [9.17, 15) is 9.18 Å². The Morgan fingerprint density at radius 2 is 2.11 bits per heavy atom. The van der Waals surface area contributed by atoms with Gasteiger partial charge < -0.3 is 11.1 Å². The van der Waals surface area contributed by atoms with Crippen LogP contribution in [0.2, 0.25) is 0 Å². The van der Waals surface area contributed by atoms with Gasteiger partial charge in [0, 0.05) is 23.4 Å². The van der Waals surface area contributed by atoms with Crippen molar-refractivity contribution in [3.05, 3.63) is 29.1 Å². The monoisotopic (exact) mass is 252 g/mol. The number of nitrogen functional groups attached to an aromatic ring is 1. The van der Waals surface area contributed by atoms with Gasteiger partial charge in [-0.15, -0.1) is 0 Å². The molecule has 0 saturated heterocycles. The molecule has 0 aromatic heterocycles. The maximum Gasteiger partial charge on any atom is 0.251 e. The zero-order chi connectivity index (χ0) is 13.7. The van der Waals surface area contributed by atoms with Crippen LogP contribution in [0.5, 0.6) is 0 Å². The highest BCUT2D eigenvalue weighted by molar-refractivity contribution is 5.95. The van der Waals surface area contributed by atoms with E-state index in [0.29, 0.717) is 23.7 Å². The first-order valence-corrected chi connectivity index (χ1v) is 6.25. The summed E-state index contributed by atoms with van der Waals surface area (Å²) in [5, 5.41) is 2.77. The molecule has 100 valence electrons. The number of halogens is 1. The lowest BCUT2D eigenvalue weighted by molar-refractivity contribution is 0.0952. The fourth-order valence-electron chi connectivity index (χ4n) is 1.65. The highest BCUT2D eigenvalue weighted by Crippen LogP contribution is 2.17. The number of carbonyl (C=O) groups excluding carboxylic acids is 1. The normalized spacial score (nSPS) is 10.7.